The number of fused-ring (bicyclic) bond motifs is 1. The first-order valence-corrected chi connectivity index (χ1v) is 9.33. The highest BCUT2D eigenvalue weighted by molar-refractivity contribution is 8.01. The van der Waals surface area contributed by atoms with Crippen molar-refractivity contribution in [1.29, 1.82) is 0 Å². The third-order valence-electron chi connectivity index (χ3n) is 4.54. The zero-order valence-electron chi connectivity index (χ0n) is 14.3. The average molecular weight is 370 g/mol. The topological polar surface area (TPSA) is 54.3 Å². The molecule has 4 rings (SSSR count). The fourth-order valence-electron chi connectivity index (χ4n) is 3.25. The van der Waals surface area contributed by atoms with Crippen LogP contribution >= 0.6 is 11.8 Å². The van der Waals surface area contributed by atoms with Crippen molar-refractivity contribution < 1.29 is 13.6 Å². The molecule has 0 radical (unpaired) electrons. The van der Waals surface area contributed by atoms with E-state index in [9.17, 15) is 9.18 Å². The summed E-state index contributed by atoms with van der Waals surface area (Å²) in [6.07, 6.45) is 2.29. The number of para-hydroxylation sites is 1. The van der Waals surface area contributed by atoms with Gasteiger partial charge in [-0.05, 0) is 37.1 Å². The van der Waals surface area contributed by atoms with E-state index in [0.29, 0.717) is 11.1 Å². The third-order valence-corrected chi connectivity index (χ3v) is 5.92. The molecule has 0 saturated carbocycles. The van der Waals surface area contributed by atoms with Crippen LogP contribution in [-0.4, -0.2) is 22.7 Å². The summed E-state index contributed by atoms with van der Waals surface area (Å²) in [5.41, 5.74) is 2.14. The van der Waals surface area contributed by atoms with Gasteiger partial charge in [0.25, 0.3) is 5.91 Å². The van der Waals surface area contributed by atoms with Gasteiger partial charge in [0.1, 0.15) is 23.2 Å². The number of benzene rings is 2. The van der Waals surface area contributed by atoms with Crippen LogP contribution in [0.4, 0.5) is 4.39 Å². The molecular formula is C20H19FN2O2S. The van der Waals surface area contributed by atoms with Crippen molar-refractivity contribution >= 4 is 28.6 Å². The molecule has 26 heavy (non-hydrogen) atoms. The number of halogens is 1. The fourth-order valence-corrected chi connectivity index (χ4v) is 4.56. The second-order valence-electron chi connectivity index (χ2n) is 6.75. The van der Waals surface area contributed by atoms with Crippen LogP contribution in [0.15, 0.2) is 59.2 Å². The highest BCUT2D eigenvalue weighted by Crippen LogP contribution is 2.35. The monoisotopic (exact) mass is 370 g/mol. The van der Waals surface area contributed by atoms with Gasteiger partial charge in [-0.1, -0.05) is 30.3 Å². The minimum Gasteiger partial charge on any atom is -0.463 e. The number of nitrogens with one attached hydrogen (secondary N) is 2. The Balaban J connectivity index is 1.42. The Morgan fingerprint density at radius 2 is 2.08 bits per heavy atom. The lowest BCUT2D eigenvalue weighted by molar-refractivity contribution is 0.0947. The first-order valence-electron chi connectivity index (χ1n) is 8.45. The number of hydrogen-bond acceptors (Lipinski definition) is 4. The first-order chi connectivity index (χ1) is 12.5. The number of thioether (sulfide) groups is 1. The molecule has 2 aromatic carbocycles. The molecule has 1 fully saturated rings. The predicted molar refractivity (Wildman–Crippen MR) is 102 cm³/mol. The van der Waals surface area contributed by atoms with Crippen molar-refractivity contribution in [2.24, 2.45) is 0 Å². The summed E-state index contributed by atoms with van der Waals surface area (Å²) in [6.45, 7) is 2.90. The number of carbonyl (C=O) groups excluding carboxylic acids is 1. The normalized spacial score (nSPS) is 22.6. The molecule has 2 N–H and O–H groups in total. The maximum atomic E-state index is 13.1. The van der Waals surface area contributed by atoms with Crippen LogP contribution < -0.4 is 10.6 Å². The van der Waals surface area contributed by atoms with Crippen LogP contribution in [0.5, 0.6) is 0 Å². The van der Waals surface area contributed by atoms with Crippen LogP contribution in [0.25, 0.3) is 11.0 Å². The molecule has 0 bridgehead atoms. The SMILES string of the molecule is CC1(Cc2ccc(F)cc2)CNC(NC(=O)c2coc3ccccc23)S1. The molecule has 2 heterocycles. The van der Waals surface area contributed by atoms with E-state index in [1.54, 1.807) is 11.8 Å². The van der Waals surface area contributed by atoms with Gasteiger partial charge in [0.15, 0.2) is 0 Å². The summed E-state index contributed by atoms with van der Waals surface area (Å²) in [6, 6.07) is 14.1. The average Bonchev–Trinajstić information content (AvgIpc) is 3.21. The Morgan fingerprint density at radius 1 is 1.31 bits per heavy atom. The Bertz CT molecular complexity index is 940. The van der Waals surface area contributed by atoms with E-state index >= 15 is 0 Å². The molecule has 1 amide bonds. The number of furan rings is 1. The van der Waals surface area contributed by atoms with Crippen molar-refractivity contribution in [2.45, 2.75) is 23.6 Å². The lowest BCUT2D eigenvalue weighted by Gasteiger charge is -2.22. The molecule has 134 valence electrons. The van der Waals surface area contributed by atoms with Gasteiger partial charge in [-0.2, -0.15) is 0 Å². The molecule has 2 atom stereocenters. The molecule has 0 aliphatic carbocycles. The summed E-state index contributed by atoms with van der Waals surface area (Å²) in [7, 11) is 0. The van der Waals surface area contributed by atoms with E-state index in [0.717, 1.165) is 23.9 Å². The van der Waals surface area contributed by atoms with Gasteiger partial charge in [0.05, 0.1) is 5.56 Å². The standard InChI is InChI=1S/C20H19FN2O2S/c1-20(10-13-6-8-14(21)9-7-13)12-22-19(26-20)23-18(24)16-11-25-17-5-3-2-4-15(16)17/h2-9,11,19,22H,10,12H2,1H3,(H,23,24). The van der Waals surface area contributed by atoms with Gasteiger partial charge in [-0.25, -0.2) is 4.39 Å². The number of rotatable bonds is 4. The molecular weight excluding hydrogens is 351 g/mol. The number of carbonyl (C=O) groups is 1. The van der Waals surface area contributed by atoms with Gasteiger partial charge in [0.2, 0.25) is 0 Å². The zero-order valence-corrected chi connectivity index (χ0v) is 15.1. The summed E-state index contributed by atoms with van der Waals surface area (Å²) in [4.78, 5) is 12.6. The van der Waals surface area contributed by atoms with Crippen LogP contribution in [0, 0.1) is 5.82 Å². The molecule has 1 saturated heterocycles. The molecule has 1 aromatic heterocycles. The first kappa shape index (κ1) is 17.1. The van der Waals surface area contributed by atoms with Crippen LogP contribution in [0.3, 0.4) is 0 Å². The van der Waals surface area contributed by atoms with E-state index < -0.39 is 0 Å². The summed E-state index contributed by atoms with van der Waals surface area (Å²) < 4.78 is 18.4. The van der Waals surface area contributed by atoms with E-state index in [2.05, 4.69) is 17.6 Å². The quantitative estimate of drug-likeness (QED) is 0.731. The van der Waals surface area contributed by atoms with Gasteiger partial charge in [0, 0.05) is 16.7 Å². The van der Waals surface area contributed by atoms with E-state index in [1.165, 1.54) is 18.4 Å². The predicted octanol–water partition coefficient (Wildman–Crippen LogP) is 3.92. The Labute approximate surface area is 155 Å². The van der Waals surface area contributed by atoms with Crippen molar-refractivity contribution in [3.63, 3.8) is 0 Å². The third kappa shape index (κ3) is 3.48. The summed E-state index contributed by atoms with van der Waals surface area (Å²) >= 11 is 1.68. The molecule has 1 aliphatic rings. The van der Waals surface area contributed by atoms with Crippen LogP contribution in [-0.2, 0) is 6.42 Å². The highest BCUT2D eigenvalue weighted by atomic mass is 32.2. The minimum absolute atomic E-state index is 0.0752. The van der Waals surface area contributed by atoms with Crippen molar-refractivity contribution in [3.05, 3.63) is 71.7 Å². The smallest absolute Gasteiger partial charge is 0.257 e. The van der Waals surface area contributed by atoms with E-state index in [1.807, 2.05) is 36.4 Å². The van der Waals surface area contributed by atoms with Crippen molar-refractivity contribution in [1.82, 2.24) is 10.6 Å². The van der Waals surface area contributed by atoms with Gasteiger partial charge in [-0.3, -0.25) is 10.1 Å². The van der Waals surface area contributed by atoms with E-state index in [4.69, 9.17) is 4.42 Å². The highest BCUT2D eigenvalue weighted by Gasteiger charge is 2.36. The molecule has 2 unspecified atom stereocenters. The lowest BCUT2D eigenvalue weighted by Crippen LogP contribution is -2.39. The van der Waals surface area contributed by atoms with Gasteiger partial charge >= 0.3 is 0 Å². The molecule has 4 nitrogen and oxygen atoms in total. The number of amides is 1. The van der Waals surface area contributed by atoms with Crippen LogP contribution in [0.2, 0.25) is 0 Å². The summed E-state index contributed by atoms with van der Waals surface area (Å²) in [5, 5.41) is 7.17. The minimum atomic E-state index is -0.228. The summed E-state index contributed by atoms with van der Waals surface area (Å²) in [5.74, 6) is -0.389. The Kier molecular flexibility index (Phi) is 4.46. The number of hydrogen-bond donors (Lipinski definition) is 2. The maximum Gasteiger partial charge on any atom is 0.257 e. The fraction of sp³-hybridized carbons (Fsp3) is 0.250. The van der Waals surface area contributed by atoms with Gasteiger partial charge in [-0.15, -0.1) is 11.8 Å². The zero-order chi connectivity index (χ0) is 18.1. The molecule has 1 aliphatic heterocycles. The molecule has 6 heteroatoms. The molecule has 0 spiro atoms. The lowest BCUT2D eigenvalue weighted by atomic mass is 10.0. The largest absolute Gasteiger partial charge is 0.463 e. The van der Waals surface area contributed by atoms with Gasteiger partial charge < -0.3 is 9.73 Å². The van der Waals surface area contributed by atoms with Crippen LogP contribution in [0.1, 0.15) is 22.8 Å². The Hall–Kier alpha value is -2.31. The Morgan fingerprint density at radius 3 is 2.88 bits per heavy atom. The maximum absolute atomic E-state index is 13.1. The second kappa shape index (κ2) is 6.78. The second-order valence-corrected chi connectivity index (χ2v) is 8.44. The van der Waals surface area contributed by atoms with E-state index in [-0.39, 0.29) is 22.0 Å². The molecule has 3 aromatic rings. The van der Waals surface area contributed by atoms with Crippen molar-refractivity contribution in [2.75, 3.05) is 6.54 Å². The van der Waals surface area contributed by atoms with Crippen molar-refractivity contribution in [3.8, 4) is 0 Å².